The van der Waals surface area contributed by atoms with Gasteiger partial charge in [-0.1, -0.05) is 18.2 Å². The maximum atomic E-state index is 7.00. The van der Waals surface area contributed by atoms with Gasteiger partial charge < -0.3 is 9.84 Å². The summed E-state index contributed by atoms with van der Waals surface area (Å²) in [6, 6.07) is 9.80. The van der Waals surface area contributed by atoms with E-state index >= 15 is 0 Å². The van der Waals surface area contributed by atoms with Crippen LogP contribution in [0.3, 0.4) is 0 Å². The van der Waals surface area contributed by atoms with Crippen LogP contribution >= 0.6 is 0 Å². The Labute approximate surface area is 67.4 Å². The SMILES string of the molecule is CCOc1ccccc1.CO. The third kappa shape index (κ3) is 4.39. The van der Waals surface area contributed by atoms with Crippen molar-refractivity contribution in [3.63, 3.8) is 0 Å². The fraction of sp³-hybridized carbons (Fsp3) is 0.333. The quantitative estimate of drug-likeness (QED) is 0.702. The van der Waals surface area contributed by atoms with Gasteiger partial charge in [0.05, 0.1) is 6.61 Å². The van der Waals surface area contributed by atoms with Gasteiger partial charge in [0, 0.05) is 7.11 Å². The second-order valence-electron chi connectivity index (χ2n) is 1.75. The summed E-state index contributed by atoms with van der Waals surface area (Å²) in [5.41, 5.74) is 0. The van der Waals surface area contributed by atoms with E-state index < -0.39 is 0 Å². The molecule has 0 spiro atoms. The predicted octanol–water partition coefficient (Wildman–Crippen LogP) is 1.69. The lowest BCUT2D eigenvalue weighted by atomic mass is 10.3. The highest BCUT2D eigenvalue weighted by atomic mass is 16.5. The standard InChI is InChI=1S/C8H10O.CH4O/c1-2-9-8-6-4-3-5-7-8;1-2/h3-7H,2H2,1H3;2H,1H3. The van der Waals surface area contributed by atoms with Crippen molar-refractivity contribution in [2.24, 2.45) is 0 Å². The number of hydrogen-bond acceptors (Lipinski definition) is 2. The van der Waals surface area contributed by atoms with Crippen molar-refractivity contribution in [2.75, 3.05) is 13.7 Å². The van der Waals surface area contributed by atoms with Crippen LogP contribution in [0.4, 0.5) is 0 Å². The normalized spacial score (nSPS) is 7.91. The number of ether oxygens (including phenoxy) is 1. The third-order valence-electron chi connectivity index (χ3n) is 1.05. The van der Waals surface area contributed by atoms with E-state index in [-0.39, 0.29) is 0 Å². The summed E-state index contributed by atoms with van der Waals surface area (Å²) in [7, 11) is 1.00. The second kappa shape index (κ2) is 7.09. The Hall–Kier alpha value is -1.02. The minimum atomic E-state index is 0.740. The molecule has 0 aliphatic heterocycles. The van der Waals surface area contributed by atoms with Gasteiger partial charge in [-0.25, -0.2) is 0 Å². The van der Waals surface area contributed by atoms with Gasteiger partial charge in [-0.05, 0) is 19.1 Å². The molecule has 1 aromatic carbocycles. The number of rotatable bonds is 2. The molecule has 0 aromatic heterocycles. The van der Waals surface area contributed by atoms with E-state index in [9.17, 15) is 0 Å². The van der Waals surface area contributed by atoms with Crippen LogP contribution in [0.2, 0.25) is 0 Å². The summed E-state index contributed by atoms with van der Waals surface area (Å²) in [5.74, 6) is 0.944. The first-order valence-electron chi connectivity index (χ1n) is 3.56. The summed E-state index contributed by atoms with van der Waals surface area (Å²) in [4.78, 5) is 0. The number of hydrogen-bond donors (Lipinski definition) is 1. The lowest BCUT2D eigenvalue weighted by molar-refractivity contribution is 0.340. The van der Waals surface area contributed by atoms with Crippen LogP contribution in [0, 0.1) is 0 Å². The van der Waals surface area contributed by atoms with Crippen LogP contribution in [0.5, 0.6) is 5.75 Å². The lowest BCUT2D eigenvalue weighted by Crippen LogP contribution is -1.89. The topological polar surface area (TPSA) is 29.5 Å². The molecule has 0 aliphatic rings. The molecule has 0 saturated carbocycles. The zero-order valence-corrected chi connectivity index (χ0v) is 6.95. The summed E-state index contributed by atoms with van der Waals surface area (Å²) < 4.78 is 5.21. The van der Waals surface area contributed by atoms with Gasteiger partial charge in [0.1, 0.15) is 5.75 Å². The molecule has 2 heteroatoms. The third-order valence-corrected chi connectivity index (χ3v) is 1.05. The highest BCUT2D eigenvalue weighted by Gasteiger charge is 1.83. The van der Waals surface area contributed by atoms with Crippen molar-refractivity contribution < 1.29 is 9.84 Å². The van der Waals surface area contributed by atoms with E-state index in [1.807, 2.05) is 37.3 Å². The Morgan fingerprint density at radius 3 is 2.18 bits per heavy atom. The molecule has 0 fully saturated rings. The largest absolute Gasteiger partial charge is 0.494 e. The summed E-state index contributed by atoms with van der Waals surface area (Å²) in [6.07, 6.45) is 0. The Morgan fingerprint density at radius 2 is 1.73 bits per heavy atom. The molecule has 0 heterocycles. The highest BCUT2D eigenvalue weighted by Crippen LogP contribution is 2.06. The number of benzene rings is 1. The van der Waals surface area contributed by atoms with E-state index in [1.165, 1.54) is 0 Å². The molecule has 0 atom stereocenters. The summed E-state index contributed by atoms with van der Waals surface area (Å²) >= 11 is 0. The summed E-state index contributed by atoms with van der Waals surface area (Å²) in [5, 5.41) is 7.00. The maximum Gasteiger partial charge on any atom is 0.119 e. The van der Waals surface area contributed by atoms with E-state index in [4.69, 9.17) is 9.84 Å². The summed E-state index contributed by atoms with van der Waals surface area (Å²) in [6.45, 7) is 2.72. The molecule has 62 valence electrons. The van der Waals surface area contributed by atoms with Crippen molar-refractivity contribution in [1.82, 2.24) is 0 Å². The predicted molar refractivity (Wildman–Crippen MR) is 45.8 cm³/mol. The zero-order chi connectivity index (χ0) is 8.53. The molecule has 0 unspecified atom stereocenters. The van der Waals surface area contributed by atoms with E-state index in [0.29, 0.717) is 0 Å². The minimum Gasteiger partial charge on any atom is -0.494 e. The first-order chi connectivity index (χ1) is 5.43. The fourth-order valence-electron chi connectivity index (χ4n) is 0.683. The molecule has 1 aromatic rings. The molecule has 11 heavy (non-hydrogen) atoms. The Kier molecular flexibility index (Phi) is 6.43. The smallest absolute Gasteiger partial charge is 0.119 e. The monoisotopic (exact) mass is 154 g/mol. The van der Waals surface area contributed by atoms with Crippen molar-refractivity contribution in [2.45, 2.75) is 6.92 Å². The fourth-order valence-corrected chi connectivity index (χ4v) is 0.683. The number of aliphatic hydroxyl groups excluding tert-OH is 1. The van der Waals surface area contributed by atoms with Crippen LogP contribution in [0.15, 0.2) is 30.3 Å². The van der Waals surface area contributed by atoms with E-state index in [2.05, 4.69) is 0 Å². The molecule has 2 nitrogen and oxygen atoms in total. The van der Waals surface area contributed by atoms with Crippen LogP contribution < -0.4 is 4.74 Å². The minimum absolute atomic E-state index is 0.740. The Morgan fingerprint density at radius 1 is 1.18 bits per heavy atom. The van der Waals surface area contributed by atoms with Gasteiger partial charge >= 0.3 is 0 Å². The van der Waals surface area contributed by atoms with E-state index in [0.717, 1.165) is 19.5 Å². The molecule has 1 rings (SSSR count). The van der Waals surface area contributed by atoms with Gasteiger partial charge in [-0.3, -0.25) is 0 Å². The molecule has 0 aliphatic carbocycles. The molecule has 0 bridgehead atoms. The first-order valence-corrected chi connectivity index (χ1v) is 3.56. The number of aliphatic hydroxyl groups is 1. The lowest BCUT2D eigenvalue weighted by Gasteiger charge is -1.99. The van der Waals surface area contributed by atoms with Crippen LogP contribution in [0.1, 0.15) is 6.92 Å². The van der Waals surface area contributed by atoms with Gasteiger partial charge in [0.25, 0.3) is 0 Å². The average molecular weight is 154 g/mol. The molecular formula is C9H14O2. The van der Waals surface area contributed by atoms with E-state index in [1.54, 1.807) is 0 Å². The Balaban J connectivity index is 0.000000461. The van der Waals surface area contributed by atoms with Gasteiger partial charge in [-0.15, -0.1) is 0 Å². The zero-order valence-electron chi connectivity index (χ0n) is 6.95. The van der Waals surface area contributed by atoms with Crippen molar-refractivity contribution >= 4 is 0 Å². The molecule has 0 radical (unpaired) electrons. The molecule has 0 amide bonds. The average Bonchev–Trinajstić information content (AvgIpc) is 2.11. The Bertz CT molecular complexity index is 160. The van der Waals surface area contributed by atoms with Crippen LogP contribution in [-0.4, -0.2) is 18.8 Å². The van der Waals surface area contributed by atoms with Crippen molar-refractivity contribution in [3.8, 4) is 5.75 Å². The van der Waals surface area contributed by atoms with Gasteiger partial charge in [0.2, 0.25) is 0 Å². The molecule has 1 N–H and O–H groups in total. The van der Waals surface area contributed by atoms with Crippen LogP contribution in [-0.2, 0) is 0 Å². The van der Waals surface area contributed by atoms with Crippen molar-refractivity contribution in [3.05, 3.63) is 30.3 Å². The number of para-hydroxylation sites is 1. The first kappa shape index (κ1) is 9.98. The maximum absolute atomic E-state index is 7.00. The molecule has 0 saturated heterocycles. The second-order valence-corrected chi connectivity index (χ2v) is 1.75. The van der Waals surface area contributed by atoms with Crippen LogP contribution in [0.25, 0.3) is 0 Å². The highest BCUT2D eigenvalue weighted by molar-refractivity contribution is 5.20. The molecular weight excluding hydrogens is 140 g/mol. The van der Waals surface area contributed by atoms with Gasteiger partial charge in [-0.2, -0.15) is 0 Å². The van der Waals surface area contributed by atoms with Gasteiger partial charge in [0.15, 0.2) is 0 Å². The van der Waals surface area contributed by atoms with Crippen molar-refractivity contribution in [1.29, 1.82) is 0 Å².